The molecule has 6 heteroatoms. The van der Waals surface area contributed by atoms with Crippen LogP contribution < -0.4 is 0 Å². The minimum Gasteiger partial charge on any atom is -0.460 e. The molecule has 0 N–H and O–H groups in total. The van der Waals surface area contributed by atoms with Crippen molar-refractivity contribution in [3.8, 4) is 0 Å². The Hall–Kier alpha value is -1.20. The van der Waals surface area contributed by atoms with Crippen LogP contribution in [0.15, 0.2) is 0 Å². The van der Waals surface area contributed by atoms with Crippen LogP contribution in [0.3, 0.4) is 0 Å². The molecule has 2 fully saturated rings. The van der Waals surface area contributed by atoms with Crippen LogP contribution in [0, 0.1) is 11.8 Å². The summed E-state index contributed by atoms with van der Waals surface area (Å²) in [5, 5.41) is 0. The van der Waals surface area contributed by atoms with Gasteiger partial charge in [-0.1, -0.05) is 39.5 Å². The molecule has 2 atom stereocenters. The van der Waals surface area contributed by atoms with Crippen LogP contribution in [0.5, 0.6) is 0 Å². The van der Waals surface area contributed by atoms with Gasteiger partial charge in [-0.25, -0.2) is 18.4 Å². The van der Waals surface area contributed by atoms with Crippen molar-refractivity contribution in [1.82, 2.24) is 0 Å². The molecule has 0 aromatic carbocycles. The molecule has 0 amide bonds. The zero-order valence-corrected chi connectivity index (χ0v) is 20.2. The van der Waals surface area contributed by atoms with Crippen molar-refractivity contribution >= 4 is 11.9 Å². The molecule has 186 valence electrons. The maximum atomic E-state index is 14.0. The van der Waals surface area contributed by atoms with Crippen LogP contribution in [-0.4, -0.2) is 36.5 Å². The van der Waals surface area contributed by atoms with Crippen LogP contribution in [-0.2, 0) is 19.1 Å². The molecule has 0 aromatic rings. The number of carbonyl (C=O) groups excluding carboxylic acids is 2. The van der Waals surface area contributed by atoms with E-state index >= 15 is 0 Å². The molecule has 0 radical (unpaired) electrons. The molecule has 0 aliphatic heterocycles. The van der Waals surface area contributed by atoms with E-state index in [0.717, 1.165) is 89.9 Å². The molecule has 0 bridgehead atoms. The largest absolute Gasteiger partial charge is 0.460 e. The van der Waals surface area contributed by atoms with Crippen LogP contribution in [0.2, 0.25) is 0 Å². The minimum atomic E-state index is -1.49. The first kappa shape index (κ1) is 27.0. The molecule has 0 saturated heterocycles. The summed E-state index contributed by atoms with van der Waals surface area (Å²) in [4.78, 5) is 23.9. The second kappa shape index (κ2) is 14.8. The molecular formula is C26H44F2O4. The van der Waals surface area contributed by atoms with Crippen molar-refractivity contribution < 1.29 is 27.8 Å². The highest BCUT2D eigenvalue weighted by atomic mass is 19.1. The van der Waals surface area contributed by atoms with Gasteiger partial charge in [0, 0.05) is 0 Å². The number of halogens is 2. The Morgan fingerprint density at radius 1 is 0.656 bits per heavy atom. The van der Waals surface area contributed by atoms with Gasteiger partial charge in [0.1, 0.15) is 12.2 Å². The lowest BCUT2D eigenvalue weighted by Gasteiger charge is -2.37. The summed E-state index contributed by atoms with van der Waals surface area (Å²) in [6, 6.07) is 0. The lowest BCUT2D eigenvalue weighted by Crippen LogP contribution is -2.34. The number of ether oxygens (including phenoxy) is 2. The first-order valence-corrected chi connectivity index (χ1v) is 13.1. The molecule has 32 heavy (non-hydrogen) atoms. The van der Waals surface area contributed by atoms with Crippen LogP contribution in [0.25, 0.3) is 0 Å². The van der Waals surface area contributed by atoms with E-state index in [9.17, 15) is 18.4 Å². The highest BCUT2D eigenvalue weighted by Gasteiger charge is 2.34. The van der Waals surface area contributed by atoms with Gasteiger partial charge >= 0.3 is 11.9 Å². The second-order valence-electron chi connectivity index (χ2n) is 9.87. The lowest BCUT2D eigenvalue weighted by molar-refractivity contribution is -0.159. The quantitative estimate of drug-likeness (QED) is 0.220. The average Bonchev–Trinajstić information content (AvgIpc) is 2.80. The lowest BCUT2D eigenvalue weighted by atomic mass is 9.72. The molecule has 2 saturated carbocycles. The predicted molar refractivity (Wildman–Crippen MR) is 122 cm³/mol. The smallest absolute Gasteiger partial charge is 0.340 e. The topological polar surface area (TPSA) is 52.6 Å². The van der Waals surface area contributed by atoms with Crippen LogP contribution >= 0.6 is 0 Å². The molecular weight excluding hydrogens is 414 g/mol. The van der Waals surface area contributed by atoms with E-state index in [4.69, 9.17) is 9.47 Å². The summed E-state index contributed by atoms with van der Waals surface area (Å²) in [5.74, 6) is -0.217. The van der Waals surface area contributed by atoms with Crippen molar-refractivity contribution in [3.63, 3.8) is 0 Å². The van der Waals surface area contributed by atoms with E-state index in [0.29, 0.717) is 11.8 Å². The Morgan fingerprint density at radius 2 is 1.00 bits per heavy atom. The molecule has 2 rings (SSSR count). The summed E-state index contributed by atoms with van der Waals surface area (Å²) in [6.45, 7) is 4.11. The van der Waals surface area contributed by atoms with Gasteiger partial charge in [-0.3, -0.25) is 0 Å². The van der Waals surface area contributed by atoms with Crippen LogP contribution in [0.4, 0.5) is 8.78 Å². The Labute approximate surface area is 193 Å². The summed E-state index contributed by atoms with van der Waals surface area (Å²) in [6.07, 6.45) is 9.72. The monoisotopic (exact) mass is 458 g/mol. The van der Waals surface area contributed by atoms with Gasteiger partial charge in [0.2, 0.25) is 0 Å². The van der Waals surface area contributed by atoms with Crippen molar-refractivity contribution in [2.45, 2.75) is 141 Å². The Bertz CT molecular complexity index is 492. The predicted octanol–water partition coefficient (Wildman–Crippen LogP) is 7.03. The van der Waals surface area contributed by atoms with Gasteiger partial charge in [-0.05, 0) is 88.9 Å². The normalized spacial score (nSPS) is 28.0. The zero-order chi connectivity index (χ0) is 23.3. The molecule has 4 nitrogen and oxygen atoms in total. The average molecular weight is 459 g/mol. The number of rotatable bonds is 13. The summed E-state index contributed by atoms with van der Waals surface area (Å²) >= 11 is 0. The minimum absolute atomic E-state index is 0.158. The molecule has 0 heterocycles. The fraction of sp³-hybridized carbons (Fsp3) is 0.923. The van der Waals surface area contributed by atoms with Gasteiger partial charge in [0.15, 0.2) is 12.3 Å². The van der Waals surface area contributed by atoms with E-state index < -0.39 is 24.3 Å². The van der Waals surface area contributed by atoms with Gasteiger partial charge in [-0.2, -0.15) is 0 Å². The Kier molecular flexibility index (Phi) is 12.6. The highest BCUT2D eigenvalue weighted by Crippen LogP contribution is 2.39. The number of hydrogen-bond donors (Lipinski definition) is 0. The van der Waals surface area contributed by atoms with Gasteiger partial charge in [0.25, 0.3) is 0 Å². The molecule has 0 aromatic heterocycles. The summed E-state index contributed by atoms with van der Waals surface area (Å²) in [5.41, 5.74) is 0. The van der Waals surface area contributed by atoms with Crippen LogP contribution in [0.1, 0.15) is 117 Å². The van der Waals surface area contributed by atoms with Crippen molar-refractivity contribution in [2.75, 3.05) is 0 Å². The fourth-order valence-corrected chi connectivity index (χ4v) is 5.21. The molecule has 0 unspecified atom stereocenters. The van der Waals surface area contributed by atoms with E-state index in [2.05, 4.69) is 13.8 Å². The number of hydrogen-bond acceptors (Lipinski definition) is 4. The van der Waals surface area contributed by atoms with Gasteiger partial charge in [-0.15, -0.1) is 0 Å². The zero-order valence-electron chi connectivity index (χ0n) is 20.2. The number of alkyl halides is 2. The third kappa shape index (κ3) is 9.35. The summed E-state index contributed by atoms with van der Waals surface area (Å²) < 4.78 is 38.8. The summed E-state index contributed by atoms with van der Waals surface area (Å²) in [7, 11) is 0. The number of carbonyl (C=O) groups is 2. The first-order valence-electron chi connectivity index (χ1n) is 13.1. The van der Waals surface area contributed by atoms with E-state index in [-0.39, 0.29) is 25.0 Å². The van der Waals surface area contributed by atoms with E-state index in [1.807, 2.05) is 0 Å². The Balaban J connectivity index is 1.62. The molecule has 2 aliphatic rings. The SMILES string of the molecule is CCCCC[C@H](F)C(=O)OC1CCC(C2CCC(OC(=O)[C@@H](F)CCCCC)CC2)CC1. The van der Waals surface area contributed by atoms with Crippen molar-refractivity contribution in [3.05, 3.63) is 0 Å². The van der Waals surface area contributed by atoms with Gasteiger partial charge < -0.3 is 9.47 Å². The van der Waals surface area contributed by atoms with Crippen molar-refractivity contribution in [1.29, 1.82) is 0 Å². The highest BCUT2D eigenvalue weighted by molar-refractivity contribution is 5.75. The second-order valence-corrected chi connectivity index (χ2v) is 9.87. The molecule has 2 aliphatic carbocycles. The number of esters is 2. The van der Waals surface area contributed by atoms with Gasteiger partial charge in [0.05, 0.1) is 0 Å². The maximum Gasteiger partial charge on any atom is 0.340 e. The standard InChI is InChI=1S/C26H44F2O4/c1-3-5-7-9-23(27)25(29)31-21-15-11-19(12-16-21)20-13-17-22(18-14-20)32-26(30)24(28)10-8-6-4-2/h19-24H,3-18H2,1-2H3/t19?,20?,21?,22?,23-,24-/m0/s1. The third-order valence-corrected chi connectivity index (χ3v) is 7.30. The van der Waals surface area contributed by atoms with E-state index in [1.165, 1.54) is 0 Å². The first-order chi connectivity index (χ1) is 15.4. The Morgan fingerprint density at radius 3 is 1.31 bits per heavy atom. The number of unbranched alkanes of at least 4 members (excludes halogenated alkanes) is 4. The maximum absolute atomic E-state index is 14.0. The molecule has 0 spiro atoms. The third-order valence-electron chi connectivity index (χ3n) is 7.30. The van der Waals surface area contributed by atoms with Crippen molar-refractivity contribution in [2.24, 2.45) is 11.8 Å². The van der Waals surface area contributed by atoms with E-state index in [1.54, 1.807) is 0 Å². The fourth-order valence-electron chi connectivity index (χ4n) is 5.21.